The summed E-state index contributed by atoms with van der Waals surface area (Å²) < 4.78 is 0. The van der Waals surface area contributed by atoms with Crippen molar-refractivity contribution in [2.24, 2.45) is 5.16 Å². The summed E-state index contributed by atoms with van der Waals surface area (Å²) in [6.07, 6.45) is -1.01. The summed E-state index contributed by atoms with van der Waals surface area (Å²) in [6.45, 7) is 2.14. The fourth-order valence-electron chi connectivity index (χ4n) is 1.94. The third-order valence-electron chi connectivity index (χ3n) is 2.91. The van der Waals surface area contributed by atoms with E-state index in [4.69, 9.17) is 9.94 Å². The average molecular weight is 278 g/mol. The minimum Gasteiger partial charge on any atom is -0.508 e. The van der Waals surface area contributed by atoms with Crippen molar-refractivity contribution in [1.82, 2.24) is 0 Å². The lowest BCUT2D eigenvalue weighted by Gasteiger charge is -2.23. The van der Waals surface area contributed by atoms with E-state index in [1.165, 1.54) is 17.0 Å². The molecule has 7 nitrogen and oxygen atoms in total. The normalized spacial score (nSPS) is 17.2. The molecule has 0 radical (unpaired) electrons. The van der Waals surface area contributed by atoms with E-state index in [-0.39, 0.29) is 17.9 Å². The number of anilines is 1. The maximum Gasteiger partial charge on any atom is 0.353 e. The predicted molar refractivity (Wildman–Crippen MR) is 70.7 cm³/mol. The summed E-state index contributed by atoms with van der Waals surface area (Å²) in [5.74, 6) is -1.54. The Hall–Kier alpha value is -2.57. The van der Waals surface area contributed by atoms with Gasteiger partial charge in [0, 0.05) is 24.7 Å². The van der Waals surface area contributed by atoms with Crippen LogP contribution in [0.2, 0.25) is 0 Å². The van der Waals surface area contributed by atoms with Crippen molar-refractivity contribution in [1.29, 1.82) is 0 Å². The maximum atomic E-state index is 12.3. The van der Waals surface area contributed by atoms with Crippen molar-refractivity contribution < 1.29 is 24.6 Å². The van der Waals surface area contributed by atoms with Gasteiger partial charge in [-0.2, -0.15) is 0 Å². The number of aromatic hydroxyl groups is 1. The van der Waals surface area contributed by atoms with Gasteiger partial charge in [-0.05, 0) is 19.1 Å². The van der Waals surface area contributed by atoms with Gasteiger partial charge in [-0.3, -0.25) is 4.79 Å². The van der Waals surface area contributed by atoms with Gasteiger partial charge in [-0.25, -0.2) is 4.79 Å². The number of hydrogen-bond acceptors (Lipinski definition) is 5. The molecule has 2 rings (SSSR count). The lowest BCUT2D eigenvalue weighted by atomic mass is 10.1. The lowest BCUT2D eigenvalue weighted by molar-refractivity contribution is -0.129. The number of phenolic OH excluding ortho intramolecular Hbond substituents is 1. The van der Waals surface area contributed by atoms with E-state index in [0.717, 1.165) is 0 Å². The molecule has 1 heterocycles. The van der Waals surface area contributed by atoms with Crippen molar-refractivity contribution in [3.05, 3.63) is 24.3 Å². The number of carbonyl (C=O) groups is 2. The summed E-state index contributed by atoms with van der Waals surface area (Å²) in [5.41, 5.74) is 0.347. The SMILES string of the molecule is CCN(C(=O)C1CC(C(=O)O)=NO1)c1cccc(O)c1. The highest BCUT2D eigenvalue weighted by Crippen LogP contribution is 2.23. The molecule has 0 aliphatic carbocycles. The summed E-state index contributed by atoms with van der Waals surface area (Å²) >= 11 is 0. The molecule has 0 spiro atoms. The average Bonchev–Trinajstić information content (AvgIpc) is 2.89. The highest BCUT2D eigenvalue weighted by Gasteiger charge is 2.34. The number of oxime groups is 1. The van der Waals surface area contributed by atoms with Crippen molar-refractivity contribution in [3.8, 4) is 5.75 Å². The number of rotatable bonds is 4. The molecule has 7 heteroatoms. The van der Waals surface area contributed by atoms with Crippen LogP contribution in [0.15, 0.2) is 29.4 Å². The van der Waals surface area contributed by atoms with E-state index in [1.807, 2.05) is 0 Å². The number of carboxylic acids is 1. The van der Waals surface area contributed by atoms with Gasteiger partial charge in [0.2, 0.25) is 6.10 Å². The first-order chi connectivity index (χ1) is 9.52. The Morgan fingerprint density at radius 2 is 2.25 bits per heavy atom. The van der Waals surface area contributed by atoms with Crippen molar-refractivity contribution in [3.63, 3.8) is 0 Å². The number of carboxylic acid groups (broad SMARTS) is 1. The van der Waals surface area contributed by atoms with Gasteiger partial charge in [0.1, 0.15) is 5.75 Å². The molecule has 0 fully saturated rings. The molecular weight excluding hydrogens is 264 g/mol. The van der Waals surface area contributed by atoms with Crippen LogP contribution in [-0.2, 0) is 14.4 Å². The molecule has 1 unspecified atom stereocenters. The maximum absolute atomic E-state index is 12.3. The van der Waals surface area contributed by atoms with Crippen LogP contribution in [-0.4, -0.2) is 40.4 Å². The number of benzene rings is 1. The second-order valence-corrected chi connectivity index (χ2v) is 4.24. The van der Waals surface area contributed by atoms with Gasteiger partial charge in [-0.1, -0.05) is 11.2 Å². The van der Waals surface area contributed by atoms with E-state index in [9.17, 15) is 14.7 Å². The number of aliphatic carboxylic acids is 1. The topological polar surface area (TPSA) is 99.4 Å². The smallest absolute Gasteiger partial charge is 0.353 e. The van der Waals surface area contributed by atoms with E-state index < -0.39 is 18.0 Å². The molecular formula is C13H14N2O5. The molecule has 1 aliphatic rings. The van der Waals surface area contributed by atoms with E-state index in [0.29, 0.717) is 12.2 Å². The van der Waals surface area contributed by atoms with E-state index >= 15 is 0 Å². The van der Waals surface area contributed by atoms with Crippen LogP contribution in [0.3, 0.4) is 0 Å². The monoisotopic (exact) mass is 278 g/mol. The zero-order valence-corrected chi connectivity index (χ0v) is 10.8. The first-order valence-electron chi connectivity index (χ1n) is 6.09. The van der Waals surface area contributed by atoms with Crippen LogP contribution < -0.4 is 4.90 Å². The zero-order chi connectivity index (χ0) is 14.7. The number of phenols is 1. The molecule has 2 N–H and O–H groups in total. The molecule has 1 aromatic carbocycles. The molecule has 106 valence electrons. The fraction of sp³-hybridized carbons (Fsp3) is 0.308. The van der Waals surface area contributed by atoms with E-state index in [2.05, 4.69) is 5.16 Å². The number of likely N-dealkylation sites (N-methyl/N-ethyl adjacent to an activating group) is 1. The van der Waals surface area contributed by atoms with Gasteiger partial charge in [0.25, 0.3) is 5.91 Å². The summed E-state index contributed by atoms with van der Waals surface area (Å²) in [6, 6.07) is 6.25. The first-order valence-corrected chi connectivity index (χ1v) is 6.09. The van der Waals surface area contributed by atoms with Crippen LogP contribution in [0.5, 0.6) is 5.75 Å². The van der Waals surface area contributed by atoms with Crippen molar-refractivity contribution in [2.75, 3.05) is 11.4 Å². The molecule has 20 heavy (non-hydrogen) atoms. The Kier molecular flexibility index (Phi) is 3.88. The molecule has 0 saturated carbocycles. The van der Waals surface area contributed by atoms with Crippen LogP contribution in [0.25, 0.3) is 0 Å². The Labute approximate surface area is 115 Å². The van der Waals surface area contributed by atoms with Crippen LogP contribution in [0.4, 0.5) is 5.69 Å². The summed E-state index contributed by atoms with van der Waals surface area (Å²) in [4.78, 5) is 29.3. The zero-order valence-electron chi connectivity index (χ0n) is 10.8. The van der Waals surface area contributed by atoms with Crippen LogP contribution in [0, 0.1) is 0 Å². The van der Waals surface area contributed by atoms with Crippen molar-refractivity contribution >= 4 is 23.3 Å². The minimum atomic E-state index is -1.19. The Morgan fingerprint density at radius 1 is 1.50 bits per heavy atom. The Morgan fingerprint density at radius 3 is 2.80 bits per heavy atom. The Balaban J connectivity index is 2.13. The minimum absolute atomic E-state index is 0.0450. The van der Waals surface area contributed by atoms with E-state index in [1.54, 1.807) is 19.1 Å². The largest absolute Gasteiger partial charge is 0.508 e. The molecule has 1 aromatic rings. The molecule has 1 aliphatic heterocycles. The Bertz CT molecular complexity index is 570. The fourth-order valence-corrected chi connectivity index (χ4v) is 1.94. The van der Waals surface area contributed by atoms with Crippen LogP contribution in [0.1, 0.15) is 13.3 Å². The van der Waals surface area contributed by atoms with Gasteiger partial charge in [0.15, 0.2) is 5.71 Å². The molecule has 0 aromatic heterocycles. The third-order valence-corrected chi connectivity index (χ3v) is 2.91. The summed E-state index contributed by atoms with van der Waals surface area (Å²) in [7, 11) is 0. The van der Waals surface area contributed by atoms with Gasteiger partial charge < -0.3 is 20.0 Å². The molecule has 0 bridgehead atoms. The third kappa shape index (κ3) is 2.71. The lowest BCUT2D eigenvalue weighted by Crippen LogP contribution is -2.39. The first kappa shape index (κ1) is 13.9. The number of amides is 1. The van der Waals surface area contributed by atoms with Gasteiger partial charge >= 0.3 is 5.97 Å². The standard InChI is InChI=1S/C13H14N2O5/c1-2-15(8-4-3-5-9(16)6-8)12(17)11-7-10(13(18)19)14-20-11/h3-6,11,16H,2,7H2,1H3,(H,18,19). The second kappa shape index (κ2) is 5.60. The molecule has 0 saturated heterocycles. The second-order valence-electron chi connectivity index (χ2n) is 4.24. The number of hydrogen-bond donors (Lipinski definition) is 2. The molecule has 1 amide bonds. The van der Waals surface area contributed by atoms with Gasteiger partial charge in [0.05, 0.1) is 0 Å². The predicted octanol–water partition coefficient (Wildman–Crippen LogP) is 0.975. The van der Waals surface area contributed by atoms with Crippen molar-refractivity contribution in [2.45, 2.75) is 19.4 Å². The highest BCUT2D eigenvalue weighted by atomic mass is 16.6. The summed E-state index contributed by atoms with van der Waals surface area (Å²) in [5, 5.41) is 21.6. The number of carbonyl (C=O) groups excluding carboxylic acids is 1. The number of nitrogens with zero attached hydrogens (tertiary/aromatic N) is 2. The quantitative estimate of drug-likeness (QED) is 0.855. The van der Waals surface area contributed by atoms with Gasteiger partial charge in [-0.15, -0.1) is 0 Å². The van der Waals surface area contributed by atoms with Crippen LogP contribution >= 0.6 is 0 Å². The highest BCUT2D eigenvalue weighted by molar-refractivity contribution is 6.36. The molecule has 1 atom stereocenters.